The number of aryl methyl sites for hydroxylation is 2. The molecule has 0 saturated carbocycles. The van der Waals surface area contributed by atoms with E-state index in [1.807, 2.05) is 85.8 Å². The van der Waals surface area contributed by atoms with Gasteiger partial charge in [-0.2, -0.15) is 0 Å². The zero-order valence-corrected chi connectivity index (χ0v) is 36.2. The van der Waals surface area contributed by atoms with E-state index < -0.39 is 70.7 Å². The van der Waals surface area contributed by atoms with Crippen LogP contribution in [0, 0.1) is 13.8 Å². The van der Waals surface area contributed by atoms with Crippen molar-refractivity contribution in [2.24, 2.45) is 0 Å². The first-order valence-corrected chi connectivity index (χ1v) is 23.2. The van der Waals surface area contributed by atoms with Crippen molar-refractivity contribution in [1.82, 2.24) is 19.1 Å². The lowest BCUT2D eigenvalue weighted by Crippen LogP contribution is -2.41. The molecule has 0 spiro atoms. The Morgan fingerprint density at radius 1 is 0.733 bits per heavy atom. The number of benzene rings is 3. The van der Waals surface area contributed by atoms with Gasteiger partial charge in [-0.25, -0.2) is 9.59 Å². The van der Waals surface area contributed by atoms with Crippen molar-refractivity contribution >= 4 is 29.7 Å². The van der Waals surface area contributed by atoms with Crippen molar-refractivity contribution in [3.8, 4) is 11.5 Å². The molecule has 0 bridgehead atoms. The summed E-state index contributed by atoms with van der Waals surface area (Å²) >= 11 is 10.6. The molecular weight excluding hydrogens is 832 g/mol. The van der Waals surface area contributed by atoms with Crippen molar-refractivity contribution in [1.29, 1.82) is 0 Å². The number of rotatable bonds is 15. The van der Waals surface area contributed by atoms with Gasteiger partial charge in [-0.3, -0.25) is 28.7 Å². The average Bonchev–Trinajstić information content (AvgIpc) is 3.85. The van der Waals surface area contributed by atoms with Gasteiger partial charge in [0.15, 0.2) is 0 Å². The van der Waals surface area contributed by atoms with Crippen molar-refractivity contribution < 1.29 is 32.7 Å². The van der Waals surface area contributed by atoms with Crippen LogP contribution in [-0.4, -0.2) is 64.3 Å². The molecule has 2 aliphatic rings. The Morgan fingerprint density at radius 3 is 1.68 bits per heavy atom. The molecule has 18 heteroatoms. The van der Waals surface area contributed by atoms with Crippen LogP contribution in [0.1, 0.15) is 66.5 Å². The van der Waals surface area contributed by atoms with E-state index >= 15 is 0 Å². The Morgan fingerprint density at radius 2 is 1.20 bits per heavy atom. The Kier molecular flexibility index (Phi) is 13.2. The molecule has 0 aliphatic carbocycles. The van der Waals surface area contributed by atoms with Crippen molar-refractivity contribution in [3.63, 3.8) is 0 Å². The molecule has 15 nitrogen and oxygen atoms in total. The topological polar surface area (TPSA) is 174 Å². The predicted octanol–water partition coefficient (Wildman–Crippen LogP) is 5.64. The molecular formula is C42H47N4O11PS2. The van der Waals surface area contributed by atoms with Crippen LogP contribution < -0.4 is 32.0 Å². The molecule has 1 unspecified atom stereocenters. The zero-order chi connectivity index (χ0) is 42.8. The van der Waals surface area contributed by atoms with E-state index in [2.05, 4.69) is 9.97 Å². The summed E-state index contributed by atoms with van der Waals surface area (Å²) in [5.41, 5.74) is -3.77. The summed E-state index contributed by atoms with van der Waals surface area (Å²) < 4.78 is 46.8. The van der Waals surface area contributed by atoms with Crippen LogP contribution in [-0.2, 0) is 40.7 Å². The summed E-state index contributed by atoms with van der Waals surface area (Å²) in [5, 5.41) is 0. The molecule has 5 aromatic rings. The summed E-state index contributed by atoms with van der Waals surface area (Å²) in [6, 6.07) is 25.0. The highest BCUT2D eigenvalue weighted by molar-refractivity contribution is 8.60. The molecule has 0 amide bonds. The van der Waals surface area contributed by atoms with E-state index in [-0.39, 0.29) is 19.4 Å². The van der Waals surface area contributed by atoms with Crippen molar-refractivity contribution in [2.45, 2.75) is 82.5 Å². The van der Waals surface area contributed by atoms with Gasteiger partial charge in [0, 0.05) is 36.4 Å². The van der Waals surface area contributed by atoms with Crippen LogP contribution in [0.4, 0.5) is 0 Å². The van der Waals surface area contributed by atoms with Crippen LogP contribution in [0.2, 0.25) is 0 Å². The fourth-order valence-electron chi connectivity index (χ4n) is 7.71. The molecule has 0 radical (unpaired) electrons. The maximum absolute atomic E-state index is 13.3. The third-order valence-electron chi connectivity index (χ3n) is 10.8. The summed E-state index contributed by atoms with van der Waals surface area (Å²) in [6.45, 7) is 4.99. The zero-order valence-electron chi connectivity index (χ0n) is 33.6. The quantitative estimate of drug-likeness (QED) is 0.0673. The Bertz CT molecular complexity index is 2530. The summed E-state index contributed by atoms with van der Waals surface area (Å²) in [5.74, 6) is 1.31. The monoisotopic (exact) mass is 878 g/mol. The highest BCUT2D eigenvalue weighted by atomic mass is 32.9. The van der Waals surface area contributed by atoms with Crippen LogP contribution in [0.3, 0.4) is 0 Å². The van der Waals surface area contributed by atoms with E-state index in [1.165, 1.54) is 21.5 Å². The van der Waals surface area contributed by atoms with Gasteiger partial charge in [0.25, 0.3) is 11.1 Å². The number of thiol groups is 1. The third-order valence-corrected chi connectivity index (χ3v) is 13.1. The van der Waals surface area contributed by atoms with Gasteiger partial charge in [-0.15, -0.1) is 0 Å². The number of aromatic nitrogens is 4. The van der Waals surface area contributed by atoms with E-state index in [9.17, 15) is 19.2 Å². The second kappa shape index (κ2) is 18.2. The largest absolute Gasteiger partial charge is 0.497 e. The number of nitrogens with zero attached hydrogens (tertiary/aromatic N) is 2. The minimum absolute atomic E-state index is 0.151. The molecule has 7 rings (SSSR count). The molecule has 60 heavy (non-hydrogen) atoms. The number of nitrogens with one attached hydrogen (secondary N) is 2. The summed E-state index contributed by atoms with van der Waals surface area (Å²) in [7, 11) is 3.20. The molecule has 2 N–H and O–H groups in total. The van der Waals surface area contributed by atoms with Gasteiger partial charge in [-0.05, 0) is 73.0 Å². The second-order valence-corrected chi connectivity index (χ2v) is 19.9. The molecule has 2 saturated heterocycles. The number of hydrogen-bond donors (Lipinski definition) is 3. The fraction of sp³-hybridized carbons (Fsp3) is 0.381. The summed E-state index contributed by atoms with van der Waals surface area (Å²) in [6.07, 6.45) is -0.368. The molecule has 7 atom stereocenters. The standard InChI is InChI=1S/C42H47N4O11PS2/c1-6-32-34(21-37(54-32)46-23-26(3)39(48)44-41(46)50)57-58(59,60)53-24-35-33(20-36(55-35)45-22-25(2)38(47)43-40(45)49)56-42(27-10-8-7-9-11-27,28-12-16-30(51-4)17-13-28)29-14-18-31(52-5)19-15-29/h7-19,22-23,32-37H,6,20-21,24H2,1-5H3,(H,59,60)(H,43,47,49)(H,44,48,50)/t32-,33-,34-,35-,36-,37-/m1/s1. The predicted molar refractivity (Wildman–Crippen MR) is 231 cm³/mol. The summed E-state index contributed by atoms with van der Waals surface area (Å²) in [4.78, 5) is 55.1. The van der Waals surface area contributed by atoms with Gasteiger partial charge in [0.1, 0.15) is 35.7 Å². The normalized spacial score (nSPS) is 22.7. The van der Waals surface area contributed by atoms with E-state index in [0.29, 0.717) is 29.0 Å². The first-order chi connectivity index (χ1) is 28.7. The van der Waals surface area contributed by atoms with Crippen LogP contribution in [0.25, 0.3) is 0 Å². The lowest BCUT2D eigenvalue weighted by molar-refractivity contribution is -0.0968. The lowest BCUT2D eigenvalue weighted by atomic mass is 9.79. The fourth-order valence-corrected chi connectivity index (χ4v) is 9.75. The number of ether oxygens (including phenoxy) is 5. The average molecular weight is 879 g/mol. The van der Waals surface area contributed by atoms with Crippen LogP contribution >= 0.6 is 17.9 Å². The van der Waals surface area contributed by atoms with Crippen molar-refractivity contribution in [2.75, 3.05) is 20.8 Å². The number of aromatic amines is 2. The molecule has 3 aromatic carbocycles. The van der Waals surface area contributed by atoms with Gasteiger partial charge < -0.3 is 32.7 Å². The maximum atomic E-state index is 13.3. The van der Waals surface area contributed by atoms with E-state index in [4.69, 9.17) is 56.8 Å². The number of methoxy groups -OCH3 is 2. The highest BCUT2D eigenvalue weighted by Gasteiger charge is 2.47. The smallest absolute Gasteiger partial charge is 0.330 e. The minimum atomic E-state index is -3.35. The number of H-pyrrole nitrogens is 2. The Hall–Kier alpha value is -4.58. The van der Waals surface area contributed by atoms with Gasteiger partial charge >= 0.3 is 11.4 Å². The number of hydrogen-bond acceptors (Lipinski definition) is 12. The first-order valence-electron chi connectivity index (χ1n) is 19.4. The highest BCUT2D eigenvalue weighted by Crippen LogP contribution is 2.57. The first kappa shape index (κ1) is 43.5. The van der Waals surface area contributed by atoms with Gasteiger partial charge in [0.05, 0.1) is 39.1 Å². The minimum Gasteiger partial charge on any atom is -0.497 e. The molecule has 2 fully saturated rings. The van der Waals surface area contributed by atoms with E-state index in [0.717, 1.165) is 16.7 Å². The van der Waals surface area contributed by atoms with Crippen LogP contribution in [0.5, 0.6) is 11.5 Å². The molecule has 2 aliphatic heterocycles. The van der Waals surface area contributed by atoms with Crippen LogP contribution in [0.15, 0.2) is 110 Å². The third kappa shape index (κ3) is 9.04. The molecule has 2 aromatic heterocycles. The second-order valence-electron chi connectivity index (χ2n) is 14.7. The van der Waals surface area contributed by atoms with Gasteiger partial charge in [-0.1, -0.05) is 73.8 Å². The van der Waals surface area contributed by atoms with Gasteiger partial charge in [0.2, 0.25) is 5.69 Å². The molecule has 318 valence electrons. The Labute approximate surface area is 355 Å². The maximum Gasteiger partial charge on any atom is 0.330 e. The molecule has 4 heterocycles. The van der Waals surface area contributed by atoms with Crippen molar-refractivity contribution in [3.05, 3.63) is 161 Å². The lowest BCUT2D eigenvalue weighted by Gasteiger charge is -2.39. The Balaban J connectivity index is 1.24. The van der Waals surface area contributed by atoms with E-state index in [1.54, 1.807) is 28.1 Å². The SMILES string of the molecule is CC[C@H]1O[C@@H](n2cc(C)c(=O)[nH]c2=O)C[C@H]1OP(=S)(S)OC[C@H]1O[C@@H](n2cc(C)c(=O)[nH]c2=O)C[C@H]1OC(c1ccccc1)(c1ccc(OC)cc1)c1ccc(OC)cc1.